The molecule has 38 heavy (non-hydrogen) atoms. The van der Waals surface area contributed by atoms with Gasteiger partial charge in [-0.2, -0.15) is 0 Å². The van der Waals surface area contributed by atoms with E-state index in [1.165, 1.54) is 0 Å². The van der Waals surface area contributed by atoms with E-state index in [2.05, 4.69) is 39.2 Å². The zero-order valence-electron chi connectivity index (χ0n) is 19.5. The largest absolute Gasteiger partial charge is 2.00 e. The van der Waals surface area contributed by atoms with Crippen LogP contribution in [-0.4, -0.2) is 20.5 Å². The van der Waals surface area contributed by atoms with E-state index in [1.54, 1.807) is 42.7 Å². The zero-order chi connectivity index (χ0) is 25.5. The number of hydrogen-bond donors (Lipinski definition) is 0. The number of aromatic amines is 1. The average molecular weight is 560 g/mol. The molecule has 0 atom stereocenters. The molecular weight excluding hydrogens is 540 g/mol. The monoisotopic (exact) mass is 559 g/mol. The summed E-state index contributed by atoms with van der Waals surface area (Å²) in [7, 11) is 0. The van der Waals surface area contributed by atoms with Gasteiger partial charge in [-0.25, -0.2) is 4.98 Å². The fourth-order valence-corrected chi connectivity index (χ4v) is 3.71. The number of nitrogens with zero attached hydrogens (tertiary/aromatic N) is 3. The molecule has 6 rings (SSSR count). The predicted molar refractivity (Wildman–Crippen MR) is 136 cm³/mol. The van der Waals surface area contributed by atoms with Crippen molar-refractivity contribution in [2.75, 3.05) is 0 Å². The smallest absolute Gasteiger partial charge is 0.872 e. The number of para-hydroxylation sites is 1. The van der Waals surface area contributed by atoms with Gasteiger partial charge in [-0.15, -0.1) is 0 Å². The van der Waals surface area contributed by atoms with Gasteiger partial charge in [0.15, 0.2) is 0 Å². The standard InChI is InChI=1S/C15H11NO2.C12H8N2.Cu.NO3.H2O/c17-14-11-8-4-5-9-12(11)16-13(15(14)18)10-6-2-1-3-7-10;1-3-9-5-6-10-4-2-8-14-12(10)11(9)13-7-1;;2-1(3)4;/h1-9,18H,(H,16,17);1-8H;;;1H2/q;;+2;-1;/p-1. The van der Waals surface area contributed by atoms with Crippen LogP contribution in [-0.2, 0) is 17.1 Å². The van der Waals surface area contributed by atoms with Gasteiger partial charge >= 0.3 is 17.1 Å². The van der Waals surface area contributed by atoms with Gasteiger partial charge in [0.2, 0.25) is 11.2 Å². The normalized spacial score (nSPS) is 9.68. The van der Waals surface area contributed by atoms with Gasteiger partial charge < -0.3 is 31.0 Å². The third-order valence-electron chi connectivity index (χ3n) is 5.27. The van der Waals surface area contributed by atoms with E-state index in [0.717, 1.165) is 27.4 Å². The van der Waals surface area contributed by atoms with Gasteiger partial charge in [-0.05, 0) is 36.1 Å². The first kappa shape index (κ1) is 29.4. The molecule has 0 bridgehead atoms. The van der Waals surface area contributed by atoms with Crippen LogP contribution in [0.4, 0.5) is 0 Å². The number of benzene rings is 3. The van der Waals surface area contributed by atoms with Crippen molar-refractivity contribution in [3.8, 4) is 22.8 Å². The summed E-state index contributed by atoms with van der Waals surface area (Å²) in [5, 5.41) is 41.5. The first-order valence-corrected chi connectivity index (χ1v) is 10.7. The maximum absolute atomic E-state index is 12.0. The van der Waals surface area contributed by atoms with Gasteiger partial charge in [0.1, 0.15) is 0 Å². The Balaban J connectivity index is 0.000000228. The van der Waals surface area contributed by atoms with Crippen LogP contribution in [0.15, 0.2) is 103 Å². The molecule has 0 aliphatic carbocycles. The van der Waals surface area contributed by atoms with E-state index < -0.39 is 16.6 Å². The van der Waals surface area contributed by atoms with Gasteiger partial charge in [0, 0.05) is 40.2 Å². The van der Waals surface area contributed by atoms with Crippen LogP contribution >= 0.6 is 0 Å². The fourth-order valence-electron chi connectivity index (χ4n) is 3.71. The van der Waals surface area contributed by atoms with Crippen LogP contribution in [0, 0.1) is 15.3 Å². The SMILES string of the molecule is O.O=[N+]([O-])[O-].[Cu+2].[O-]c1c(-c2ccccc2)[nH+]c2ccccc2c1[O-].c1cnc2c(c1)ccc1cccnc12. The predicted octanol–water partition coefficient (Wildman–Crippen LogP) is 3.18. The van der Waals surface area contributed by atoms with Crippen LogP contribution in [0.25, 0.3) is 44.0 Å². The molecule has 0 saturated heterocycles. The molecule has 0 aliphatic rings. The molecule has 0 unspecified atom stereocenters. The number of fused-ring (bicyclic) bond motifs is 4. The Hall–Kier alpha value is -4.83. The van der Waals surface area contributed by atoms with Crippen molar-refractivity contribution in [1.29, 1.82) is 0 Å². The van der Waals surface area contributed by atoms with Crippen LogP contribution in [0.1, 0.15) is 0 Å². The second kappa shape index (κ2) is 13.5. The molecule has 0 fully saturated rings. The van der Waals surface area contributed by atoms with Gasteiger partial charge in [-0.1, -0.05) is 60.3 Å². The summed E-state index contributed by atoms with van der Waals surface area (Å²) in [6.07, 6.45) is 3.60. The van der Waals surface area contributed by atoms with E-state index in [-0.39, 0.29) is 22.5 Å². The molecule has 0 saturated carbocycles. The first-order valence-electron chi connectivity index (χ1n) is 10.7. The Labute approximate surface area is 226 Å². The first-order chi connectivity index (χ1) is 17.5. The molecule has 3 aromatic carbocycles. The molecule has 3 N–H and O–H groups in total. The fraction of sp³-hybridized carbons (Fsp3) is 0. The number of hydrogen-bond acceptors (Lipinski definition) is 7. The molecule has 1 radical (unpaired) electrons. The van der Waals surface area contributed by atoms with Crippen molar-refractivity contribution in [1.82, 2.24) is 9.97 Å². The Morgan fingerprint density at radius 2 is 1.16 bits per heavy atom. The maximum Gasteiger partial charge on any atom is 2.00 e. The molecule has 0 spiro atoms. The number of rotatable bonds is 1. The molecular formula is C27H20CuN4O6. The molecule has 195 valence electrons. The molecule has 3 heterocycles. The Morgan fingerprint density at radius 1 is 0.658 bits per heavy atom. The summed E-state index contributed by atoms with van der Waals surface area (Å²) < 4.78 is 0. The number of aromatic nitrogens is 3. The Bertz CT molecular complexity index is 1610. The summed E-state index contributed by atoms with van der Waals surface area (Å²) in [6.45, 7) is 0. The molecule has 11 heteroatoms. The van der Waals surface area contributed by atoms with Crippen molar-refractivity contribution >= 4 is 32.7 Å². The van der Waals surface area contributed by atoms with Crippen LogP contribution in [0.2, 0.25) is 0 Å². The second-order valence-corrected chi connectivity index (χ2v) is 7.51. The van der Waals surface area contributed by atoms with Crippen molar-refractivity contribution in [3.05, 3.63) is 119 Å². The summed E-state index contributed by atoms with van der Waals surface area (Å²) >= 11 is 0. The summed E-state index contributed by atoms with van der Waals surface area (Å²) in [5.74, 6) is -0.942. The molecule has 3 aromatic heterocycles. The number of H-pyrrole nitrogens is 1. The minimum absolute atomic E-state index is 0. The maximum atomic E-state index is 12.0. The summed E-state index contributed by atoms with van der Waals surface area (Å²) in [4.78, 5) is 20.0. The molecule has 0 amide bonds. The minimum Gasteiger partial charge on any atom is -0.872 e. The van der Waals surface area contributed by atoms with Crippen molar-refractivity contribution in [2.24, 2.45) is 0 Å². The molecule has 10 nitrogen and oxygen atoms in total. The van der Waals surface area contributed by atoms with Crippen molar-refractivity contribution < 1.29 is 42.8 Å². The zero-order valence-corrected chi connectivity index (χ0v) is 20.4. The van der Waals surface area contributed by atoms with E-state index in [1.807, 2.05) is 36.4 Å². The minimum atomic E-state index is -1.75. The van der Waals surface area contributed by atoms with Crippen molar-refractivity contribution in [3.63, 3.8) is 0 Å². The number of pyridine rings is 3. The van der Waals surface area contributed by atoms with Gasteiger partial charge in [0.25, 0.3) is 0 Å². The molecule has 6 aromatic rings. The van der Waals surface area contributed by atoms with Crippen molar-refractivity contribution in [2.45, 2.75) is 0 Å². The van der Waals surface area contributed by atoms with E-state index in [4.69, 9.17) is 15.3 Å². The number of nitrogens with one attached hydrogen (secondary N) is 1. The van der Waals surface area contributed by atoms with E-state index >= 15 is 0 Å². The summed E-state index contributed by atoms with van der Waals surface area (Å²) in [5.41, 5.74) is 3.71. The average Bonchev–Trinajstić information content (AvgIpc) is 2.91. The van der Waals surface area contributed by atoms with Crippen LogP contribution in [0.3, 0.4) is 0 Å². The topological polar surface area (TPSA) is 184 Å². The Morgan fingerprint density at radius 3 is 1.71 bits per heavy atom. The van der Waals surface area contributed by atoms with Gasteiger partial charge in [0.05, 0.1) is 16.1 Å². The van der Waals surface area contributed by atoms with Gasteiger partial charge in [-0.3, -0.25) is 9.97 Å². The Kier molecular flexibility index (Phi) is 10.4. The van der Waals surface area contributed by atoms with Crippen LogP contribution in [0.5, 0.6) is 11.5 Å². The van der Waals surface area contributed by atoms with E-state index in [9.17, 15) is 10.2 Å². The quantitative estimate of drug-likeness (QED) is 0.128. The second-order valence-electron chi connectivity index (χ2n) is 7.51. The third kappa shape index (κ3) is 6.68. The molecule has 0 aliphatic heterocycles. The summed E-state index contributed by atoms with van der Waals surface area (Å²) in [6, 6.07) is 28.3. The van der Waals surface area contributed by atoms with E-state index in [0.29, 0.717) is 16.6 Å². The third-order valence-corrected chi connectivity index (χ3v) is 5.27. The van der Waals surface area contributed by atoms with Crippen LogP contribution < -0.4 is 15.2 Å².